The maximum atomic E-state index is 14.2. The zero-order valence-corrected chi connectivity index (χ0v) is 46.3. The summed E-state index contributed by atoms with van der Waals surface area (Å²) in [6, 6.07) is -0.682. The van der Waals surface area contributed by atoms with Gasteiger partial charge in [-0.15, -0.1) is 0 Å². The van der Waals surface area contributed by atoms with Gasteiger partial charge in [-0.05, 0) is 44.1 Å². The maximum absolute atomic E-state index is 14.2. The number of methoxy groups -OCH3 is 1. The average Bonchev–Trinajstić information content (AvgIpc) is 3.61. The van der Waals surface area contributed by atoms with Crippen LogP contribution in [0.1, 0.15) is 56.9 Å². The smallest absolute Gasteiger partial charge is 0.545 e. The normalized spacial score (nSPS) is 22.1. The van der Waals surface area contributed by atoms with Gasteiger partial charge in [-0.1, -0.05) is 30.3 Å². The zero-order chi connectivity index (χ0) is 61.8. The molecule has 1 radical (unpaired) electrons. The zero-order valence-electron chi connectivity index (χ0n) is 44.4. The number of carbonyl (C=O) groups is 11. The number of nitrogens with two attached hydrogens (primary N) is 2. The van der Waals surface area contributed by atoms with E-state index in [1.165, 1.54) is 7.11 Å². The van der Waals surface area contributed by atoms with Crippen molar-refractivity contribution >= 4 is 91.5 Å². The Morgan fingerprint density at radius 2 is 1.28 bits per heavy atom. The summed E-state index contributed by atoms with van der Waals surface area (Å²) < 4.78 is 5.39. The Bertz CT molecular complexity index is 2250. The molecule has 455 valence electrons. The third-order valence-corrected chi connectivity index (χ3v) is 11.9. The minimum Gasteiger partial charge on any atom is -0.545 e. The standard InChI is InChI=1S/C45H68N12O18.3CHO.Tc/c1-75-30-15-24(22-58)38(68)39(69)37(30)56-44(74)28(52-33(61)19-57(20-35(64)65)21-36(66)67)16-31(59)48-12-6-5-10-26-42(72)54-27(14-23-8-3-2-4-9-23)43(73)55-29(17-34(62)63)40(70)50-18-32(60)51-25(41(71)53-26)11-7-13-49-45(46)47;3*1-2;/h2-4,8-9,24-30,37-39,58,68-69H,5-7,10-22H2,1H3,(H,48,59)(H,50,70)(H,51,60)(H,52,61)(H,53,71)(H,54,72)(H,55,73)(H,56,74)(H,62,63)(H,64,65)(H,66,67)(H4,46,47,49);3*1H;/q;3*-1;+4/t24?,25-,26?,27+,28-,29-,30?,37?,38?,39?;;;;/m0..../s1/i;;;;1+1. The molecule has 18 N–H and O–H groups in total. The number of carboxylic acids is 3. The Hall–Kier alpha value is -7.88. The second-order valence-corrected chi connectivity index (χ2v) is 17.8. The van der Waals surface area contributed by atoms with E-state index in [0.29, 0.717) is 5.56 Å². The van der Waals surface area contributed by atoms with Gasteiger partial charge in [0.2, 0.25) is 47.3 Å². The fourth-order valence-corrected chi connectivity index (χ4v) is 8.16. The molecule has 2 aliphatic rings. The second-order valence-electron chi connectivity index (χ2n) is 17.8. The van der Waals surface area contributed by atoms with Crippen molar-refractivity contribution < 1.29 is 123 Å². The summed E-state index contributed by atoms with van der Waals surface area (Å²) in [5.41, 5.74) is 11.4. The van der Waals surface area contributed by atoms with Crippen molar-refractivity contribution in [3.63, 3.8) is 0 Å². The molecule has 1 saturated heterocycles. The van der Waals surface area contributed by atoms with Crippen LogP contribution < -0.4 is 54.0 Å². The topological polar surface area (TPSA) is 533 Å². The van der Waals surface area contributed by atoms with Crippen LogP contribution in [0, 0.1) is 5.92 Å². The summed E-state index contributed by atoms with van der Waals surface area (Å²) >= 11 is 0. The van der Waals surface area contributed by atoms with E-state index in [0.717, 1.165) is 4.90 Å². The Balaban J connectivity index is 0. The summed E-state index contributed by atoms with van der Waals surface area (Å²) in [5.74, 6) is -13.1. The molecule has 1 aromatic rings. The fourth-order valence-electron chi connectivity index (χ4n) is 8.16. The quantitative estimate of drug-likeness (QED) is 0.0135. The average molecular weight is 1250 g/mol. The van der Waals surface area contributed by atoms with E-state index in [9.17, 15) is 83.4 Å². The predicted octanol–water partition coefficient (Wildman–Crippen LogP) is -8.13. The monoisotopic (exact) mass is 1250 g/mol. The minimum atomic E-state index is -1.75. The van der Waals surface area contributed by atoms with Crippen LogP contribution in [0.4, 0.5) is 0 Å². The van der Waals surface area contributed by atoms with Crippen LogP contribution in [0.3, 0.4) is 0 Å². The third-order valence-electron chi connectivity index (χ3n) is 11.9. The molecule has 0 aromatic heterocycles. The van der Waals surface area contributed by atoms with E-state index in [-0.39, 0.29) is 84.1 Å². The molecule has 0 spiro atoms. The van der Waals surface area contributed by atoms with Crippen LogP contribution in [0.5, 0.6) is 0 Å². The van der Waals surface area contributed by atoms with Gasteiger partial charge in [0.15, 0.2) is 5.96 Å². The number of guanidine groups is 1. The summed E-state index contributed by atoms with van der Waals surface area (Å²) in [6.07, 6.45) is -6.00. The molecule has 1 saturated carbocycles. The summed E-state index contributed by atoms with van der Waals surface area (Å²) in [5, 5.41) is 78.7. The van der Waals surface area contributed by atoms with Gasteiger partial charge in [-0.2, -0.15) is 0 Å². The van der Waals surface area contributed by atoms with Gasteiger partial charge in [0.1, 0.15) is 36.3 Å². The third kappa shape index (κ3) is 29.0. The molecule has 1 heterocycles. The number of aliphatic hydroxyl groups excluding tert-OH is 3. The summed E-state index contributed by atoms with van der Waals surface area (Å²) in [7, 11) is 1.25. The minimum absolute atomic E-state index is 0. The molecule has 0 bridgehead atoms. The molecule has 2 fully saturated rings. The predicted molar refractivity (Wildman–Crippen MR) is 278 cm³/mol. The van der Waals surface area contributed by atoms with Crippen molar-refractivity contribution in [3.8, 4) is 0 Å². The number of aliphatic imine (C=N–C) groups is 1. The number of hydrogen-bond donors (Lipinski definition) is 16. The van der Waals surface area contributed by atoms with Crippen molar-refractivity contribution in [2.75, 3.05) is 53.0 Å². The van der Waals surface area contributed by atoms with Crippen LogP contribution in [-0.2, 0) is 98.4 Å². The molecule has 6 unspecified atom stereocenters. The van der Waals surface area contributed by atoms with Crippen LogP contribution in [0.15, 0.2) is 35.3 Å². The molecule has 3 rings (SSSR count). The van der Waals surface area contributed by atoms with E-state index in [4.69, 9.17) is 30.6 Å². The number of nitrogens with one attached hydrogen (secondary N) is 8. The molecular formula is C48H71N12O21Tc+. The summed E-state index contributed by atoms with van der Waals surface area (Å²) in [6.45, 7) is 5.76. The van der Waals surface area contributed by atoms with Crippen molar-refractivity contribution in [2.45, 2.75) is 112 Å². The number of hydrogen-bond acceptors (Lipinski definition) is 20. The number of amides is 8. The first-order chi connectivity index (χ1) is 38.5. The molecule has 1 aromatic carbocycles. The van der Waals surface area contributed by atoms with Crippen LogP contribution >= 0.6 is 0 Å². The first-order valence-electron chi connectivity index (χ1n) is 24.5. The summed E-state index contributed by atoms with van der Waals surface area (Å²) in [4.78, 5) is 171. The molecule has 10 atom stereocenters. The van der Waals surface area contributed by atoms with Crippen molar-refractivity contribution in [3.05, 3.63) is 35.9 Å². The van der Waals surface area contributed by atoms with Gasteiger partial charge >= 0.3 is 38.0 Å². The Morgan fingerprint density at radius 1 is 0.732 bits per heavy atom. The first-order valence-corrected chi connectivity index (χ1v) is 24.5. The number of carbonyl (C=O) groups excluding carboxylic acids is 11. The number of benzene rings is 1. The Labute approximate surface area is 483 Å². The van der Waals surface area contributed by atoms with E-state index in [1.807, 2.05) is 0 Å². The van der Waals surface area contributed by atoms with E-state index in [2.05, 4.69) is 67.9 Å². The van der Waals surface area contributed by atoms with Crippen molar-refractivity contribution in [2.24, 2.45) is 22.4 Å². The number of ether oxygens (including phenoxy) is 1. The molecule has 34 heteroatoms. The van der Waals surface area contributed by atoms with Gasteiger partial charge in [0, 0.05) is 39.1 Å². The van der Waals surface area contributed by atoms with Gasteiger partial charge in [-0.3, -0.25) is 83.0 Å². The molecule has 1 aliphatic heterocycles. The SMILES string of the molecule is COC1CC(CO)C(O)C(O)C1NC(=O)[C@H](CC(=O)NCCCCC1NC(=O)[C@H](CCCN=C(N)N)NC(=O)CNC(=O)[C@H](CC(=O)O)NC(=O)[C@@H](Cc2ccccc2)NC1=O)NC(=O)CN(CC(=O)O)CC(=O)O.[99Tc+4].[CH-]=O.[CH-]=O.[CH-]=O. The Morgan fingerprint density at radius 3 is 1.83 bits per heavy atom. The number of aliphatic carboxylic acids is 3. The van der Waals surface area contributed by atoms with E-state index < -0.39 is 171 Å². The van der Waals surface area contributed by atoms with Crippen molar-refractivity contribution in [1.29, 1.82) is 0 Å². The Kier molecular flexibility index (Phi) is 39.1. The van der Waals surface area contributed by atoms with Crippen molar-refractivity contribution in [1.82, 2.24) is 47.4 Å². The molecule has 1 aliphatic carbocycles. The van der Waals surface area contributed by atoms with Gasteiger partial charge in [0.05, 0.1) is 57.3 Å². The first kappa shape index (κ1) is 76.2. The molecule has 33 nitrogen and oxygen atoms in total. The molecular weight excluding hydrogens is 1180 g/mol. The molecule has 82 heavy (non-hydrogen) atoms. The van der Waals surface area contributed by atoms with Gasteiger partial charge < -0.3 is 104 Å². The van der Waals surface area contributed by atoms with E-state index in [1.54, 1.807) is 30.3 Å². The van der Waals surface area contributed by atoms with Crippen LogP contribution in [-0.4, -0.2) is 235 Å². The number of unbranched alkanes of at least 4 members (excludes halogenated alkanes) is 1. The molecule has 8 amide bonds. The number of carboxylic acid groups (broad SMARTS) is 3. The number of nitrogens with zero attached hydrogens (tertiary/aromatic N) is 2. The maximum Gasteiger partial charge on any atom is 4.00 e. The number of rotatable bonds is 26. The largest absolute Gasteiger partial charge is 4.00 e. The number of aliphatic hydroxyl groups is 3. The van der Waals surface area contributed by atoms with E-state index >= 15 is 0 Å². The second kappa shape index (κ2) is 42.0. The van der Waals surface area contributed by atoms with Crippen LogP contribution in [0.2, 0.25) is 0 Å². The van der Waals surface area contributed by atoms with Gasteiger partial charge in [0.25, 0.3) is 0 Å². The van der Waals surface area contributed by atoms with Gasteiger partial charge in [-0.25, -0.2) is 0 Å². The fraction of sp³-hybridized carbons (Fsp3) is 0.562. The van der Waals surface area contributed by atoms with Crippen LogP contribution in [0.25, 0.3) is 0 Å².